The predicted octanol–water partition coefficient (Wildman–Crippen LogP) is 3.84. The number of rotatable bonds is 5. The van der Waals surface area contributed by atoms with E-state index >= 15 is 0 Å². The molecule has 0 atom stereocenters. The zero-order valence-electron chi connectivity index (χ0n) is 11.1. The summed E-state index contributed by atoms with van der Waals surface area (Å²) < 4.78 is 6.09. The fourth-order valence-electron chi connectivity index (χ4n) is 1.66. The van der Waals surface area contributed by atoms with Crippen LogP contribution in [-0.4, -0.2) is 12.5 Å². The minimum absolute atomic E-state index is 0.0283. The fraction of sp³-hybridized carbons (Fsp3) is 0.133. The van der Waals surface area contributed by atoms with Crippen molar-refractivity contribution in [3.63, 3.8) is 0 Å². The van der Waals surface area contributed by atoms with Crippen molar-refractivity contribution in [2.45, 2.75) is 6.61 Å². The predicted molar refractivity (Wildman–Crippen MR) is 88.3 cm³/mol. The van der Waals surface area contributed by atoms with Gasteiger partial charge in [0.25, 0.3) is 0 Å². The van der Waals surface area contributed by atoms with Crippen LogP contribution in [0.1, 0.15) is 5.56 Å². The smallest absolute Gasteiger partial charge is 0.250 e. The minimum atomic E-state index is -0.227. The Morgan fingerprint density at radius 1 is 1.24 bits per heavy atom. The summed E-state index contributed by atoms with van der Waals surface area (Å²) in [4.78, 5) is 11.8. The first-order valence-corrected chi connectivity index (χ1v) is 7.39. The molecule has 1 amide bonds. The fourth-order valence-corrected chi connectivity index (χ4v) is 2.28. The summed E-state index contributed by atoms with van der Waals surface area (Å²) in [6.07, 6.45) is 0. The standard InChI is InChI=1S/C15H14BrClN2O2/c16-13-7-12(18)5-6-14(13)19-15(20)9-21-8-10-1-3-11(17)4-2-10/h1-7H,8-9,18H2,(H,19,20). The number of anilines is 2. The molecule has 2 rings (SSSR count). The Hall–Kier alpha value is -1.56. The highest BCUT2D eigenvalue weighted by atomic mass is 79.9. The van der Waals surface area contributed by atoms with Gasteiger partial charge in [-0.05, 0) is 51.8 Å². The number of ether oxygens (including phenoxy) is 1. The summed E-state index contributed by atoms with van der Waals surface area (Å²) in [7, 11) is 0. The summed E-state index contributed by atoms with van der Waals surface area (Å²) in [5.41, 5.74) is 7.88. The normalized spacial score (nSPS) is 10.4. The Kier molecular flexibility index (Phi) is 5.61. The summed E-state index contributed by atoms with van der Waals surface area (Å²) >= 11 is 9.13. The van der Waals surface area contributed by atoms with E-state index in [9.17, 15) is 4.79 Å². The first kappa shape index (κ1) is 15.8. The molecule has 0 aliphatic carbocycles. The van der Waals surface area contributed by atoms with Gasteiger partial charge in [0.05, 0.1) is 12.3 Å². The van der Waals surface area contributed by atoms with Crippen molar-refractivity contribution in [2.75, 3.05) is 17.7 Å². The molecule has 0 saturated heterocycles. The molecular formula is C15H14BrClN2O2. The second kappa shape index (κ2) is 7.45. The molecular weight excluding hydrogens is 356 g/mol. The number of carbonyl (C=O) groups excluding carboxylic acids is 1. The third-order valence-electron chi connectivity index (χ3n) is 2.68. The van der Waals surface area contributed by atoms with E-state index < -0.39 is 0 Å². The van der Waals surface area contributed by atoms with E-state index in [1.54, 1.807) is 30.3 Å². The van der Waals surface area contributed by atoms with Crippen LogP contribution < -0.4 is 11.1 Å². The van der Waals surface area contributed by atoms with Gasteiger partial charge in [-0.25, -0.2) is 0 Å². The molecule has 0 aliphatic rings. The number of hydrogen-bond donors (Lipinski definition) is 2. The van der Waals surface area contributed by atoms with Gasteiger partial charge >= 0.3 is 0 Å². The zero-order chi connectivity index (χ0) is 15.2. The summed E-state index contributed by atoms with van der Waals surface area (Å²) in [6.45, 7) is 0.326. The number of benzene rings is 2. The number of halogens is 2. The van der Waals surface area contributed by atoms with Gasteiger partial charge < -0.3 is 15.8 Å². The maximum Gasteiger partial charge on any atom is 0.250 e. The van der Waals surface area contributed by atoms with Gasteiger partial charge in [-0.15, -0.1) is 0 Å². The first-order chi connectivity index (χ1) is 10.0. The van der Waals surface area contributed by atoms with Gasteiger partial charge in [0.15, 0.2) is 0 Å². The van der Waals surface area contributed by atoms with E-state index in [1.165, 1.54) is 0 Å². The van der Waals surface area contributed by atoms with E-state index in [0.717, 1.165) is 10.0 Å². The Balaban J connectivity index is 1.81. The van der Waals surface area contributed by atoms with Crippen LogP contribution in [0.3, 0.4) is 0 Å². The van der Waals surface area contributed by atoms with Gasteiger partial charge in [-0.1, -0.05) is 23.7 Å². The van der Waals surface area contributed by atoms with Crippen LogP contribution in [0.5, 0.6) is 0 Å². The Morgan fingerprint density at radius 3 is 2.62 bits per heavy atom. The van der Waals surface area contributed by atoms with Crippen molar-refractivity contribution >= 4 is 44.8 Å². The maximum absolute atomic E-state index is 11.8. The lowest BCUT2D eigenvalue weighted by Crippen LogP contribution is -2.18. The zero-order valence-corrected chi connectivity index (χ0v) is 13.4. The number of nitrogen functional groups attached to an aromatic ring is 1. The first-order valence-electron chi connectivity index (χ1n) is 6.21. The van der Waals surface area contributed by atoms with Crippen molar-refractivity contribution < 1.29 is 9.53 Å². The van der Waals surface area contributed by atoms with Gasteiger partial charge in [0, 0.05) is 15.2 Å². The largest absolute Gasteiger partial charge is 0.399 e. The number of nitrogens with one attached hydrogen (secondary N) is 1. The number of hydrogen-bond acceptors (Lipinski definition) is 3. The molecule has 2 aromatic carbocycles. The molecule has 0 heterocycles. The lowest BCUT2D eigenvalue weighted by atomic mass is 10.2. The third-order valence-corrected chi connectivity index (χ3v) is 3.59. The van der Waals surface area contributed by atoms with Gasteiger partial charge in [-0.3, -0.25) is 4.79 Å². The van der Waals surface area contributed by atoms with Crippen LogP contribution in [0.2, 0.25) is 5.02 Å². The van der Waals surface area contributed by atoms with Crippen molar-refractivity contribution in [3.8, 4) is 0 Å². The number of nitrogens with two attached hydrogens (primary N) is 1. The van der Waals surface area contributed by atoms with Crippen molar-refractivity contribution in [2.24, 2.45) is 0 Å². The van der Waals surface area contributed by atoms with Crippen LogP contribution in [0.4, 0.5) is 11.4 Å². The van der Waals surface area contributed by atoms with Crippen LogP contribution in [0.25, 0.3) is 0 Å². The molecule has 110 valence electrons. The third kappa shape index (κ3) is 5.04. The van der Waals surface area contributed by atoms with E-state index in [-0.39, 0.29) is 12.5 Å². The molecule has 6 heteroatoms. The van der Waals surface area contributed by atoms with E-state index in [4.69, 9.17) is 22.1 Å². The van der Waals surface area contributed by atoms with Gasteiger partial charge in [0.1, 0.15) is 6.61 Å². The molecule has 2 aromatic rings. The van der Waals surface area contributed by atoms with Crippen LogP contribution >= 0.6 is 27.5 Å². The molecule has 0 aromatic heterocycles. The minimum Gasteiger partial charge on any atom is -0.399 e. The molecule has 3 N–H and O–H groups in total. The molecule has 0 saturated carbocycles. The van der Waals surface area contributed by atoms with Crippen molar-refractivity contribution in [1.82, 2.24) is 0 Å². The highest BCUT2D eigenvalue weighted by Gasteiger charge is 2.06. The Morgan fingerprint density at radius 2 is 1.95 bits per heavy atom. The van der Waals surface area contributed by atoms with E-state index in [2.05, 4.69) is 21.2 Å². The molecule has 0 fully saturated rings. The maximum atomic E-state index is 11.8. The topological polar surface area (TPSA) is 64.3 Å². The molecule has 0 unspecified atom stereocenters. The van der Waals surface area contributed by atoms with E-state index in [1.807, 2.05) is 12.1 Å². The van der Waals surface area contributed by atoms with Crippen LogP contribution in [0, 0.1) is 0 Å². The molecule has 0 bridgehead atoms. The molecule has 4 nitrogen and oxygen atoms in total. The monoisotopic (exact) mass is 368 g/mol. The highest BCUT2D eigenvalue weighted by molar-refractivity contribution is 9.10. The summed E-state index contributed by atoms with van der Waals surface area (Å²) in [5, 5.41) is 3.42. The lowest BCUT2D eigenvalue weighted by Gasteiger charge is -2.08. The molecule has 0 spiro atoms. The molecule has 0 aliphatic heterocycles. The SMILES string of the molecule is Nc1ccc(NC(=O)COCc2ccc(Cl)cc2)c(Br)c1. The molecule has 21 heavy (non-hydrogen) atoms. The highest BCUT2D eigenvalue weighted by Crippen LogP contribution is 2.24. The quantitative estimate of drug-likeness (QED) is 0.787. The average molecular weight is 370 g/mol. The Bertz CT molecular complexity index is 632. The molecule has 0 radical (unpaired) electrons. The Labute approximate surface area is 136 Å². The second-order valence-electron chi connectivity index (χ2n) is 4.41. The lowest BCUT2D eigenvalue weighted by molar-refractivity contribution is -0.121. The van der Waals surface area contributed by atoms with Crippen molar-refractivity contribution in [3.05, 3.63) is 57.5 Å². The van der Waals surface area contributed by atoms with Crippen molar-refractivity contribution in [1.29, 1.82) is 0 Å². The van der Waals surface area contributed by atoms with Crippen LogP contribution in [-0.2, 0) is 16.1 Å². The number of amides is 1. The van der Waals surface area contributed by atoms with Gasteiger partial charge in [0.2, 0.25) is 5.91 Å². The summed E-state index contributed by atoms with van der Waals surface area (Å²) in [6, 6.07) is 12.5. The number of carbonyl (C=O) groups is 1. The van der Waals surface area contributed by atoms with E-state index in [0.29, 0.717) is 23.0 Å². The summed E-state index contributed by atoms with van der Waals surface area (Å²) in [5.74, 6) is -0.227. The second-order valence-corrected chi connectivity index (χ2v) is 5.70. The average Bonchev–Trinajstić information content (AvgIpc) is 2.44. The van der Waals surface area contributed by atoms with Crippen LogP contribution in [0.15, 0.2) is 46.9 Å². The van der Waals surface area contributed by atoms with Gasteiger partial charge in [-0.2, -0.15) is 0 Å².